The maximum absolute atomic E-state index is 13.5. The van der Waals surface area contributed by atoms with Crippen molar-refractivity contribution in [1.82, 2.24) is 10.2 Å². The summed E-state index contributed by atoms with van der Waals surface area (Å²) in [5, 5.41) is 21.3. The van der Waals surface area contributed by atoms with Crippen LogP contribution in [0.1, 0.15) is 62.5 Å². The highest BCUT2D eigenvalue weighted by Crippen LogP contribution is 2.51. The smallest absolute Gasteiger partial charge is 0.389 e. The quantitative estimate of drug-likeness (QED) is 0.421. The molecule has 2 heterocycles. The minimum Gasteiger partial charge on any atom is -0.389 e. The third-order valence-electron chi connectivity index (χ3n) is 6.82. The van der Waals surface area contributed by atoms with Crippen LogP contribution in [0.3, 0.4) is 0 Å². The van der Waals surface area contributed by atoms with E-state index in [4.69, 9.17) is 0 Å². The predicted octanol–water partition coefficient (Wildman–Crippen LogP) is 4.01. The van der Waals surface area contributed by atoms with Crippen LogP contribution in [0, 0.1) is 0 Å². The van der Waals surface area contributed by atoms with E-state index in [-0.39, 0.29) is 35.2 Å². The summed E-state index contributed by atoms with van der Waals surface area (Å²) in [6.45, 7) is 6.63. The molecule has 3 N–H and O–H groups in total. The molecule has 3 atom stereocenters. The van der Waals surface area contributed by atoms with Gasteiger partial charge in [0, 0.05) is 24.7 Å². The second-order valence-electron chi connectivity index (χ2n) is 10.4. The van der Waals surface area contributed by atoms with E-state index in [0.29, 0.717) is 18.7 Å². The topological polar surface area (TPSA) is 102 Å². The van der Waals surface area contributed by atoms with E-state index < -0.39 is 52.2 Å². The lowest BCUT2D eigenvalue weighted by Gasteiger charge is -2.33. The van der Waals surface area contributed by atoms with Gasteiger partial charge in [0.2, 0.25) is 5.91 Å². The number of carbonyl (C=O) groups is 2. The van der Waals surface area contributed by atoms with Crippen LogP contribution in [0.4, 0.5) is 26.3 Å². The van der Waals surface area contributed by atoms with E-state index in [2.05, 4.69) is 10.3 Å². The van der Waals surface area contributed by atoms with Crippen LogP contribution >= 0.6 is 11.8 Å². The fourth-order valence-electron chi connectivity index (χ4n) is 4.64. The molecule has 1 aromatic carbocycles. The van der Waals surface area contributed by atoms with Crippen molar-refractivity contribution in [2.24, 2.45) is 4.99 Å². The first-order valence-electron chi connectivity index (χ1n) is 12.4. The number of aryl methyl sites for hydroxylation is 1. The Morgan fingerprint density at radius 1 is 1.13 bits per heavy atom. The Kier molecular flexibility index (Phi) is 8.74. The van der Waals surface area contributed by atoms with E-state index in [1.54, 1.807) is 4.90 Å². The first-order chi connectivity index (χ1) is 17.8. The Labute approximate surface area is 226 Å². The van der Waals surface area contributed by atoms with Crippen molar-refractivity contribution in [3.05, 3.63) is 34.9 Å². The number of hydrogen-bond acceptors (Lipinski definition) is 6. The first-order valence-corrected chi connectivity index (χ1v) is 13.2. The summed E-state index contributed by atoms with van der Waals surface area (Å²) in [5.74, 6) is -1.08. The lowest BCUT2D eigenvalue weighted by molar-refractivity contribution is -0.376. The molecule has 0 aromatic heterocycles. The third kappa shape index (κ3) is 6.22. The van der Waals surface area contributed by atoms with Crippen LogP contribution in [0.5, 0.6) is 0 Å². The van der Waals surface area contributed by atoms with Crippen LogP contribution < -0.4 is 5.32 Å². The molecule has 2 aliphatic heterocycles. The summed E-state index contributed by atoms with van der Waals surface area (Å²) >= 11 is 0.875. The molecule has 0 saturated carbocycles. The second kappa shape index (κ2) is 10.9. The van der Waals surface area contributed by atoms with Gasteiger partial charge in [0.05, 0.1) is 10.9 Å². The molecule has 14 heteroatoms. The van der Waals surface area contributed by atoms with E-state index in [1.807, 2.05) is 6.92 Å². The summed E-state index contributed by atoms with van der Waals surface area (Å²) in [6, 6.07) is 0.951. The maximum Gasteiger partial charge on any atom is 0.430 e. The van der Waals surface area contributed by atoms with Gasteiger partial charge in [-0.1, -0.05) is 36.9 Å². The number of nitrogens with zero attached hydrogens (tertiary/aromatic N) is 2. The Morgan fingerprint density at radius 3 is 2.23 bits per heavy atom. The van der Waals surface area contributed by atoms with Gasteiger partial charge < -0.3 is 20.4 Å². The van der Waals surface area contributed by atoms with Gasteiger partial charge in [0.25, 0.3) is 11.5 Å². The SMILES string of the molecule is CCc1cc(C(O)(C(F)(F)F)C(F)(F)F)ccc1C1SC(C(=O)NCC(C)(C)O)=NC1C(=O)N1CCC[C@@H]1C. The number of rotatable bonds is 7. The van der Waals surface area contributed by atoms with Crippen LogP contribution in [0.25, 0.3) is 0 Å². The van der Waals surface area contributed by atoms with Crippen molar-refractivity contribution < 1.29 is 46.1 Å². The minimum absolute atomic E-state index is 0.0205. The number of alkyl halides is 6. The Bertz CT molecular complexity index is 1120. The zero-order valence-corrected chi connectivity index (χ0v) is 22.6. The minimum atomic E-state index is -6.04. The average Bonchev–Trinajstić information content (AvgIpc) is 3.46. The highest BCUT2D eigenvalue weighted by Gasteiger charge is 2.71. The number of amides is 2. The molecular formula is C25H31F6N3O4S. The molecule has 1 fully saturated rings. The lowest BCUT2D eigenvalue weighted by Crippen LogP contribution is -2.54. The number of nitrogens with one attached hydrogen (secondary N) is 1. The van der Waals surface area contributed by atoms with Gasteiger partial charge in [-0.25, -0.2) is 0 Å². The van der Waals surface area contributed by atoms with E-state index in [9.17, 15) is 46.1 Å². The lowest BCUT2D eigenvalue weighted by atomic mass is 9.87. The first kappa shape index (κ1) is 31.2. The molecule has 0 spiro atoms. The summed E-state index contributed by atoms with van der Waals surface area (Å²) in [4.78, 5) is 32.3. The van der Waals surface area contributed by atoms with Crippen molar-refractivity contribution in [3.8, 4) is 0 Å². The standard InChI is InChI=1S/C25H31F6N3O4S/c1-5-14-11-15(23(38,24(26,27)28)25(29,30)31)8-9-16(14)18-17(21(36)34-10-6-7-13(34)2)33-20(39-18)19(35)32-12-22(3,4)37/h8-9,11,13,17-18,37-38H,5-7,10,12H2,1-4H3,(H,32,35)/t13-,17?,18?/m0/s1. The number of aliphatic hydroxyl groups is 2. The zero-order chi connectivity index (χ0) is 29.6. The fraction of sp³-hybridized carbons (Fsp3) is 0.640. The van der Waals surface area contributed by atoms with Crippen molar-refractivity contribution in [2.75, 3.05) is 13.1 Å². The van der Waals surface area contributed by atoms with Crippen molar-refractivity contribution in [2.45, 2.75) is 87.8 Å². The van der Waals surface area contributed by atoms with Gasteiger partial charge in [-0.3, -0.25) is 14.6 Å². The number of carbonyl (C=O) groups excluding carboxylic acids is 2. The number of halogens is 6. The van der Waals surface area contributed by atoms with E-state index in [1.165, 1.54) is 20.8 Å². The monoisotopic (exact) mass is 583 g/mol. The van der Waals surface area contributed by atoms with Crippen LogP contribution in [-0.2, 0) is 21.6 Å². The molecule has 3 rings (SSSR count). The molecule has 218 valence electrons. The van der Waals surface area contributed by atoms with Gasteiger partial charge >= 0.3 is 12.4 Å². The van der Waals surface area contributed by atoms with E-state index in [0.717, 1.165) is 30.7 Å². The molecule has 1 saturated heterocycles. The van der Waals surface area contributed by atoms with Crippen LogP contribution in [-0.4, -0.2) is 75.1 Å². The highest BCUT2D eigenvalue weighted by molar-refractivity contribution is 8.16. The number of hydrogen-bond donors (Lipinski definition) is 3. The Balaban J connectivity index is 2.05. The largest absolute Gasteiger partial charge is 0.430 e. The molecule has 0 radical (unpaired) electrons. The van der Waals surface area contributed by atoms with E-state index >= 15 is 0 Å². The van der Waals surface area contributed by atoms with Crippen LogP contribution in [0.15, 0.2) is 23.2 Å². The molecule has 2 aliphatic rings. The molecule has 2 amide bonds. The highest BCUT2D eigenvalue weighted by atomic mass is 32.2. The second-order valence-corrected chi connectivity index (χ2v) is 11.5. The molecule has 1 aromatic rings. The Morgan fingerprint density at radius 2 is 1.74 bits per heavy atom. The van der Waals surface area contributed by atoms with Crippen molar-refractivity contribution in [3.63, 3.8) is 0 Å². The van der Waals surface area contributed by atoms with Crippen LogP contribution in [0.2, 0.25) is 0 Å². The maximum atomic E-state index is 13.5. The van der Waals surface area contributed by atoms with Gasteiger partial charge in [0.1, 0.15) is 6.04 Å². The average molecular weight is 584 g/mol. The number of thioether (sulfide) groups is 1. The number of likely N-dealkylation sites (tertiary alicyclic amines) is 1. The van der Waals surface area contributed by atoms with Gasteiger partial charge in [0.15, 0.2) is 5.04 Å². The molecule has 39 heavy (non-hydrogen) atoms. The summed E-state index contributed by atoms with van der Waals surface area (Å²) in [5.41, 5.74) is -7.46. The molecule has 7 nitrogen and oxygen atoms in total. The molecular weight excluding hydrogens is 552 g/mol. The summed E-state index contributed by atoms with van der Waals surface area (Å²) < 4.78 is 81.0. The number of benzene rings is 1. The Hall–Kier alpha value is -2.32. The molecule has 2 unspecified atom stereocenters. The molecule has 0 aliphatic carbocycles. The van der Waals surface area contributed by atoms with Crippen molar-refractivity contribution in [1.29, 1.82) is 0 Å². The predicted molar refractivity (Wildman–Crippen MR) is 133 cm³/mol. The number of aliphatic imine (C=N–C) groups is 1. The van der Waals surface area contributed by atoms with Gasteiger partial charge in [-0.05, 0) is 51.2 Å². The molecule has 0 bridgehead atoms. The van der Waals surface area contributed by atoms with Crippen molar-refractivity contribution >= 4 is 28.6 Å². The summed E-state index contributed by atoms with van der Waals surface area (Å²) in [7, 11) is 0. The van der Waals surface area contributed by atoms with Gasteiger partial charge in [-0.2, -0.15) is 26.3 Å². The summed E-state index contributed by atoms with van der Waals surface area (Å²) in [6.07, 6.45) is -10.6. The van der Waals surface area contributed by atoms with Gasteiger partial charge in [-0.15, -0.1) is 0 Å². The third-order valence-corrected chi connectivity index (χ3v) is 8.09. The fourth-order valence-corrected chi connectivity index (χ4v) is 5.90. The zero-order valence-electron chi connectivity index (χ0n) is 21.8. The normalized spacial score (nSPS) is 22.7.